The molecule has 1 aliphatic heterocycles. The second-order valence-corrected chi connectivity index (χ2v) is 5.12. The third-order valence-corrected chi connectivity index (χ3v) is 3.54. The Hall–Kier alpha value is -1.46. The van der Waals surface area contributed by atoms with Crippen LogP contribution in [-0.4, -0.2) is 29.8 Å². The number of ether oxygens (including phenoxy) is 1. The lowest BCUT2D eigenvalue weighted by atomic mass is 10.1. The summed E-state index contributed by atoms with van der Waals surface area (Å²) in [6.07, 6.45) is 2.07. The van der Waals surface area contributed by atoms with Crippen LogP contribution in [0.4, 0.5) is 11.4 Å². The van der Waals surface area contributed by atoms with Crippen LogP contribution >= 0.6 is 11.6 Å². The third-order valence-electron chi connectivity index (χ3n) is 3.24. The number of aromatic carboxylic acids is 1. The standard InChI is InChI=1S/C13H17ClN2O3/c1-7(11-3-2-4-19-11)16-12-9(13(17)18)5-8(15)6-10(12)14/h5-7,11,16H,2-4,15H2,1H3,(H,17,18). The van der Waals surface area contributed by atoms with Crippen LogP contribution in [0.5, 0.6) is 0 Å². The van der Waals surface area contributed by atoms with Crippen molar-refractivity contribution in [1.82, 2.24) is 0 Å². The van der Waals surface area contributed by atoms with Gasteiger partial charge < -0.3 is 20.9 Å². The molecule has 1 fully saturated rings. The summed E-state index contributed by atoms with van der Waals surface area (Å²) in [6.45, 7) is 2.70. The van der Waals surface area contributed by atoms with Gasteiger partial charge in [0, 0.05) is 18.3 Å². The third kappa shape index (κ3) is 3.11. The average Bonchev–Trinajstić information content (AvgIpc) is 2.85. The molecule has 1 aliphatic rings. The molecule has 0 amide bonds. The van der Waals surface area contributed by atoms with Gasteiger partial charge in [0.25, 0.3) is 0 Å². The lowest BCUT2D eigenvalue weighted by Gasteiger charge is -2.23. The summed E-state index contributed by atoms with van der Waals surface area (Å²) in [6, 6.07) is 2.93. The predicted molar refractivity (Wildman–Crippen MR) is 74.9 cm³/mol. The second-order valence-electron chi connectivity index (χ2n) is 4.71. The lowest BCUT2D eigenvalue weighted by molar-refractivity contribution is 0.0697. The van der Waals surface area contributed by atoms with Gasteiger partial charge in [-0.25, -0.2) is 4.79 Å². The van der Waals surface area contributed by atoms with E-state index >= 15 is 0 Å². The van der Waals surface area contributed by atoms with Crippen molar-refractivity contribution in [1.29, 1.82) is 0 Å². The molecule has 104 valence electrons. The minimum atomic E-state index is -1.06. The zero-order valence-electron chi connectivity index (χ0n) is 10.6. The summed E-state index contributed by atoms with van der Waals surface area (Å²) >= 11 is 6.08. The number of hydrogen-bond donors (Lipinski definition) is 3. The van der Waals surface area contributed by atoms with Gasteiger partial charge in [-0.05, 0) is 31.9 Å². The summed E-state index contributed by atoms with van der Waals surface area (Å²) in [7, 11) is 0. The maximum Gasteiger partial charge on any atom is 0.337 e. The first-order chi connectivity index (χ1) is 8.99. The molecule has 0 spiro atoms. The molecule has 2 rings (SSSR count). The summed E-state index contributed by atoms with van der Waals surface area (Å²) in [5.41, 5.74) is 6.42. The number of carbonyl (C=O) groups is 1. The summed E-state index contributed by atoms with van der Waals surface area (Å²) in [5.74, 6) is -1.06. The molecular weight excluding hydrogens is 268 g/mol. The van der Waals surface area contributed by atoms with E-state index in [1.807, 2.05) is 6.92 Å². The smallest absolute Gasteiger partial charge is 0.337 e. The van der Waals surface area contributed by atoms with Crippen LogP contribution in [0.3, 0.4) is 0 Å². The molecule has 0 aromatic heterocycles. The number of anilines is 2. The lowest BCUT2D eigenvalue weighted by Crippen LogP contribution is -2.30. The Kier molecular flexibility index (Phi) is 4.17. The Morgan fingerprint density at radius 2 is 2.37 bits per heavy atom. The van der Waals surface area contributed by atoms with Gasteiger partial charge in [0.05, 0.1) is 22.4 Å². The van der Waals surface area contributed by atoms with E-state index in [1.54, 1.807) is 6.07 Å². The van der Waals surface area contributed by atoms with Crippen LogP contribution in [0.2, 0.25) is 5.02 Å². The van der Waals surface area contributed by atoms with Gasteiger partial charge in [-0.1, -0.05) is 11.6 Å². The molecule has 2 atom stereocenters. The Bertz CT molecular complexity index is 487. The number of nitrogen functional groups attached to an aromatic ring is 1. The van der Waals surface area contributed by atoms with E-state index in [2.05, 4.69) is 5.32 Å². The van der Waals surface area contributed by atoms with Gasteiger partial charge in [-0.15, -0.1) is 0 Å². The van der Waals surface area contributed by atoms with E-state index in [4.69, 9.17) is 22.1 Å². The van der Waals surface area contributed by atoms with Gasteiger partial charge in [0.1, 0.15) is 0 Å². The SMILES string of the molecule is CC(Nc1c(Cl)cc(N)cc1C(=O)O)C1CCCO1. The highest BCUT2D eigenvalue weighted by molar-refractivity contribution is 6.34. The number of hydrogen-bond acceptors (Lipinski definition) is 4. The molecule has 6 heteroatoms. The van der Waals surface area contributed by atoms with E-state index in [-0.39, 0.29) is 17.7 Å². The van der Waals surface area contributed by atoms with Crippen molar-refractivity contribution < 1.29 is 14.6 Å². The van der Waals surface area contributed by atoms with Gasteiger partial charge in [0.15, 0.2) is 0 Å². The molecule has 0 saturated carbocycles. The first-order valence-electron chi connectivity index (χ1n) is 6.19. The van der Waals surface area contributed by atoms with Crippen LogP contribution in [0.25, 0.3) is 0 Å². The Labute approximate surface area is 116 Å². The minimum absolute atomic E-state index is 0.0123. The average molecular weight is 285 g/mol. The molecule has 19 heavy (non-hydrogen) atoms. The first-order valence-corrected chi connectivity index (χ1v) is 6.57. The zero-order chi connectivity index (χ0) is 14.0. The number of rotatable bonds is 4. The summed E-state index contributed by atoms with van der Waals surface area (Å²) in [5, 5.41) is 12.7. The van der Waals surface area contributed by atoms with Crippen LogP contribution in [0, 0.1) is 0 Å². The zero-order valence-corrected chi connectivity index (χ0v) is 11.4. The number of nitrogens with one attached hydrogen (secondary N) is 1. The molecular formula is C13H17ClN2O3. The molecule has 0 radical (unpaired) electrons. The monoisotopic (exact) mass is 284 g/mol. The first kappa shape index (κ1) is 14.0. The van der Waals surface area contributed by atoms with Crippen LogP contribution in [-0.2, 0) is 4.74 Å². The van der Waals surface area contributed by atoms with Gasteiger partial charge >= 0.3 is 5.97 Å². The van der Waals surface area contributed by atoms with Crippen LogP contribution < -0.4 is 11.1 Å². The van der Waals surface area contributed by atoms with E-state index in [1.165, 1.54) is 6.07 Å². The maximum atomic E-state index is 11.2. The number of nitrogens with two attached hydrogens (primary N) is 1. The van der Waals surface area contributed by atoms with Crippen molar-refractivity contribution >= 4 is 28.9 Å². The molecule has 1 aromatic carbocycles. The molecule has 1 saturated heterocycles. The Morgan fingerprint density at radius 1 is 1.63 bits per heavy atom. The maximum absolute atomic E-state index is 11.2. The summed E-state index contributed by atoms with van der Waals surface area (Å²) in [4.78, 5) is 11.2. The molecule has 2 unspecified atom stereocenters. The van der Waals surface area contributed by atoms with Crippen LogP contribution in [0.15, 0.2) is 12.1 Å². The number of benzene rings is 1. The highest BCUT2D eigenvalue weighted by Gasteiger charge is 2.24. The molecule has 4 N–H and O–H groups in total. The topological polar surface area (TPSA) is 84.6 Å². The molecule has 0 bridgehead atoms. The van der Waals surface area contributed by atoms with Crippen molar-refractivity contribution in [3.63, 3.8) is 0 Å². The Balaban J connectivity index is 2.25. The van der Waals surface area contributed by atoms with E-state index in [9.17, 15) is 9.90 Å². The molecule has 1 heterocycles. The molecule has 5 nitrogen and oxygen atoms in total. The molecule has 1 aromatic rings. The second kappa shape index (κ2) is 5.67. The fourth-order valence-corrected chi connectivity index (χ4v) is 2.54. The van der Waals surface area contributed by atoms with E-state index < -0.39 is 5.97 Å². The van der Waals surface area contributed by atoms with Crippen molar-refractivity contribution in [2.45, 2.75) is 31.9 Å². The highest BCUT2D eigenvalue weighted by Crippen LogP contribution is 2.31. The number of halogens is 1. The van der Waals surface area contributed by atoms with E-state index in [0.29, 0.717) is 16.4 Å². The fraction of sp³-hybridized carbons (Fsp3) is 0.462. The summed E-state index contributed by atoms with van der Waals surface area (Å²) < 4.78 is 5.57. The minimum Gasteiger partial charge on any atom is -0.478 e. The fourth-order valence-electron chi connectivity index (χ4n) is 2.26. The Morgan fingerprint density at radius 3 is 2.95 bits per heavy atom. The van der Waals surface area contributed by atoms with Crippen molar-refractivity contribution in [3.05, 3.63) is 22.7 Å². The highest BCUT2D eigenvalue weighted by atomic mass is 35.5. The van der Waals surface area contributed by atoms with Gasteiger partial charge in [0.2, 0.25) is 0 Å². The number of carboxylic acid groups (broad SMARTS) is 1. The van der Waals surface area contributed by atoms with Gasteiger partial charge in [-0.3, -0.25) is 0 Å². The normalized spacial score (nSPS) is 20.2. The van der Waals surface area contributed by atoms with Crippen molar-refractivity contribution in [3.8, 4) is 0 Å². The predicted octanol–water partition coefficient (Wildman–Crippen LogP) is 2.60. The van der Waals surface area contributed by atoms with E-state index in [0.717, 1.165) is 19.4 Å². The quantitative estimate of drug-likeness (QED) is 0.740. The van der Waals surface area contributed by atoms with Crippen molar-refractivity contribution in [2.75, 3.05) is 17.7 Å². The van der Waals surface area contributed by atoms with Gasteiger partial charge in [-0.2, -0.15) is 0 Å². The van der Waals surface area contributed by atoms with Crippen molar-refractivity contribution in [2.24, 2.45) is 0 Å². The largest absolute Gasteiger partial charge is 0.478 e. The number of carboxylic acids is 1. The van der Waals surface area contributed by atoms with Crippen LogP contribution in [0.1, 0.15) is 30.1 Å². The molecule has 0 aliphatic carbocycles.